The Morgan fingerprint density at radius 1 is 0.701 bits per heavy atom. The van der Waals surface area contributed by atoms with E-state index in [4.69, 9.17) is 28.7 Å². The lowest BCUT2D eigenvalue weighted by atomic mass is 10.0. The van der Waals surface area contributed by atoms with Gasteiger partial charge >= 0.3 is 0 Å². The van der Waals surface area contributed by atoms with Crippen LogP contribution in [-0.4, -0.2) is 142 Å². The highest BCUT2D eigenvalue weighted by atomic mass is 16.2. The monoisotopic (exact) mass is 1070 g/mol. The number of aliphatic imine (C=N–C) groups is 2. The number of aromatic amines is 2. The molecule has 1 saturated heterocycles. The highest BCUT2D eigenvalue weighted by Gasteiger charge is 2.34. The molecule has 0 spiro atoms. The van der Waals surface area contributed by atoms with Crippen LogP contribution in [0.2, 0.25) is 0 Å². The topological polar surface area (TPSA) is 449 Å². The second kappa shape index (κ2) is 31.6. The summed E-state index contributed by atoms with van der Waals surface area (Å²) in [5.74, 6) is -6.72. The van der Waals surface area contributed by atoms with Gasteiger partial charge in [0.05, 0.1) is 12.9 Å². The zero-order valence-corrected chi connectivity index (χ0v) is 43.2. The Morgan fingerprint density at radius 2 is 1.31 bits per heavy atom. The Bertz CT molecular complexity index is 2670. The summed E-state index contributed by atoms with van der Waals surface area (Å²) in [4.78, 5) is 140. The average molecular weight is 1070 g/mol. The molecule has 27 nitrogen and oxygen atoms in total. The summed E-state index contributed by atoms with van der Waals surface area (Å²) in [6.07, 6.45) is 4.95. The number of guanidine groups is 2. The molecule has 3 heterocycles. The van der Waals surface area contributed by atoms with Gasteiger partial charge in [-0.05, 0) is 55.7 Å². The molecule has 2 aromatic heterocycles. The number of nitrogens with two attached hydrogens (primary N) is 5. The number of benzene rings is 2. The van der Waals surface area contributed by atoms with Crippen LogP contribution in [0.15, 0.2) is 83.3 Å². The van der Waals surface area contributed by atoms with E-state index in [-0.39, 0.29) is 82.8 Å². The molecule has 2 aromatic carbocycles. The van der Waals surface area contributed by atoms with Crippen LogP contribution in [0.3, 0.4) is 0 Å². The molecule has 6 atom stereocenters. The first kappa shape index (κ1) is 60.5. The summed E-state index contributed by atoms with van der Waals surface area (Å²) in [5.41, 5.74) is 29.3. The van der Waals surface area contributed by atoms with Gasteiger partial charge in [-0.3, -0.25) is 53.1 Å². The van der Waals surface area contributed by atoms with Gasteiger partial charge in [0, 0.05) is 81.2 Å². The molecule has 1 aliphatic rings. The Balaban J connectivity index is 0.00000171. The lowest BCUT2D eigenvalue weighted by Crippen LogP contribution is -2.60. The lowest BCUT2D eigenvalue weighted by Gasteiger charge is -2.27. The number of amides is 9. The quantitative estimate of drug-likeness (QED) is 0.0300. The number of carbonyl (C=O) groups excluding carboxylic acids is 9. The van der Waals surface area contributed by atoms with Crippen molar-refractivity contribution in [3.63, 3.8) is 0 Å². The first-order valence-corrected chi connectivity index (χ1v) is 25.1. The Morgan fingerprint density at radius 3 is 1.95 bits per heavy atom. The van der Waals surface area contributed by atoms with Gasteiger partial charge < -0.3 is 81.2 Å². The Labute approximate surface area is 444 Å². The van der Waals surface area contributed by atoms with E-state index in [1.165, 1.54) is 19.4 Å². The maximum Gasteiger partial charge on any atom is 0.243 e. The van der Waals surface area contributed by atoms with Gasteiger partial charge in [0.25, 0.3) is 0 Å². The number of carbonyl (C=O) groups is 9. The highest BCUT2D eigenvalue weighted by Crippen LogP contribution is 2.20. The van der Waals surface area contributed by atoms with E-state index in [9.17, 15) is 43.2 Å². The van der Waals surface area contributed by atoms with Crippen molar-refractivity contribution in [1.29, 1.82) is 0 Å². The summed E-state index contributed by atoms with van der Waals surface area (Å²) in [5, 5.41) is 21.9. The normalized spacial score (nSPS) is 20.2. The summed E-state index contributed by atoms with van der Waals surface area (Å²) in [6, 6.07) is 7.90. The van der Waals surface area contributed by atoms with Crippen molar-refractivity contribution in [2.45, 2.75) is 114 Å². The molecule has 20 N–H and O–H groups in total. The molecule has 1 aliphatic heterocycles. The van der Waals surface area contributed by atoms with E-state index < -0.39 is 96.0 Å². The Kier molecular flexibility index (Phi) is 24.9. The fourth-order valence-electron chi connectivity index (χ4n) is 7.90. The molecular formula is C50H72N18O9. The molecule has 0 radical (unpaired) electrons. The fraction of sp³-hybridized carbons (Fsp3) is 0.440. The van der Waals surface area contributed by atoms with Crippen LogP contribution in [-0.2, 0) is 62.4 Å². The van der Waals surface area contributed by atoms with Crippen molar-refractivity contribution >= 4 is 76.0 Å². The molecule has 3 unspecified atom stereocenters. The highest BCUT2D eigenvalue weighted by molar-refractivity contribution is 5.98. The fourth-order valence-corrected chi connectivity index (χ4v) is 7.90. The van der Waals surface area contributed by atoms with E-state index in [2.05, 4.69) is 67.5 Å². The first-order valence-electron chi connectivity index (χ1n) is 25.1. The number of aromatic nitrogens is 3. The van der Waals surface area contributed by atoms with Gasteiger partial charge in [-0.2, -0.15) is 0 Å². The second-order valence-corrected chi connectivity index (χ2v) is 18.1. The van der Waals surface area contributed by atoms with Crippen LogP contribution in [0.1, 0.15) is 75.6 Å². The van der Waals surface area contributed by atoms with Crippen molar-refractivity contribution in [2.24, 2.45) is 38.7 Å². The van der Waals surface area contributed by atoms with Gasteiger partial charge in [-0.1, -0.05) is 55.5 Å². The van der Waals surface area contributed by atoms with Crippen LogP contribution < -0.4 is 71.2 Å². The maximum absolute atomic E-state index is 14.6. The van der Waals surface area contributed by atoms with E-state index >= 15 is 0 Å². The first-order chi connectivity index (χ1) is 36.8. The number of fused-ring (bicyclic) bond motifs is 1. The number of rotatable bonds is 16. The molecule has 0 bridgehead atoms. The number of H-pyrrole nitrogens is 2. The SMILES string of the molecule is CC(=O)NCC(=O)NC1CCNC(=O)CCCC(C(N)=O)NC(=O)[C@H](Cc2c[nH]c3ccccc23)NC(=O)[C@H](CCCN=C(N)N)NC(=O)C(Cc2ccccc2)NC(=O)[C@H](Cc2cnc[nH]2)NC1=O.CCCN=C(N)N. The zero-order chi connectivity index (χ0) is 56.3. The van der Waals surface area contributed by atoms with Crippen LogP contribution >= 0.6 is 0 Å². The number of imidazole rings is 1. The molecule has 77 heavy (non-hydrogen) atoms. The molecule has 416 valence electrons. The third kappa shape index (κ3) is 21.8. The van der Waals surface area contributed by atoms with Gasteiger partial charge in [-0.15, -0.1) is 0 Å². The largest absolute Gasteiger partial charge is 0.370 e. The third-order valence-corrected chi connectivity index (χ3v) is 11.8. The van der Waals surface area contributed by atoms with Crippen molar-refractivity contribution in [2.75, 3.05) is 26.2 Å². The summed E-state index contributed by atoms with van der Waals surface area (Å²) in [7, 11) is 0. The molecule has 9 amide bonds. The smallest absolute Gasteiger partial charge is 0.243 e. The minimum atomic E-state index is -1.40. The molecule has 27 heteroatoms. The lowest BCUT2D eigenvalue weighted by molar-refractivity contribution is -0.135. The van der Waals surface area contributed by atoms with E-state index in [1.54, 1.807) is 36.5 Å². The Hall–Kier alpha value is -9.04. The van der Waals surface area contributed by atoms with Gasteiger partial charge in [0.15, 0.2) is 11.9 Å². The molecular weight excluding hydrogens is 997 g/mol. The molecule has 4 aromatic rings. The van der Waals surface area contributed by atoms with Crippen molar-refractivity contribution in [3.05, 3.63) is 90.1 Å². The van der Waals surface area contributed by atoms with Crippen LogP contribution in [0.25, 0.3) is 10.9 Å². The van der Waals surface area contributed by atoms with Gasteiger partial charge in [-0.25, -0.2) is 4.98 Å². The summed E-state index contributed by atoms with van der Waals surface area (Å²) < 4.78 is 0. The molecule has 1 fully saturated rings. The number of primary amides is 1. The minimum absolute atomic E-state index is 0.0543. The van der Waals surface area contributed by atoms with Crippen LogP contribution in [0.4, 0.5) is 0 Å². The van der Waals surface area contributed by atoms with E-state index in [0.717, 1.165) is 23.9 Å². The maximum atomic E-state index is 14.6. The minimum Gasteiger partial charge on any atom is -0.370 e. The van der Waals surface area contributed by atoms with Crippen LogP contribution in [0, 0.1) is 0 Å². The average Bonchev–Trinajstić information content (AvgIpc) is 4.07. The number of nitrogens with one attached hydrogen (secondary N) is 10. The van der Waals surface area contributed by atoms with Crippen molar-refractivity contribution in [1.82, 2.24) is 57.5 Å². The van der Waals surface area contributed by atoms with Crippen molar-refractivity contribution in [3.8, 4) is 0 Å². The van der Waals surface area contributed by atoms with Gasteiger partial charge in [0.2, 0.25) is 53.2 Å². The number of hydrogen-bond acceptors (Lipinski definition) is 12. The predicted octanol–water partition coefficient (Wildman–Crippen LogP) is -3.14. The molecule has 0 aliphatic carbocycles. The number of nitrogens with zero attached hydrogens (tertiary/aromatic N) is 3. The van der Waals surface area contributed by atoms with Crippen molar-refractivity contribution < 1.29 is 43.2 Å². The van der Waals surface area contributed by atoms with Crippen LogP contribution in [0.5, 0.6) is 0 Å². The summed E-state index contributed by atoms with van der Waals surface area (Å²) in [6.45, 7) is 3.40. The molecule has 0 saturated carbocycles. The van der Waals surface area contributed by atoms with E-state index in [0.29, 0.717) is 16.8 Å². The number of para-hydroxylation sites is 1. The number of hydrogen-bond donors (Lipinski definition) is 15. The van der Waals surface area contributed by atoms with Gasteiger partial charge in [0.1, 0.15) is 36.3 Å². The summed E-state index contributed by atoms with van der Waals surface area (Å²) >= 11 is 0. The third-order valence-electron chi connectivity index (χ3n) is 11.8. The van der Waals surface area contributed by atoms with E-state index in [1.807, 2.05) is 31.2 Å². The predicted molar refractivity (Wildman–Crippen MR) is 286 cm³/mol. The second-order valence-electron chi connectivity index (χ2n) is 18.1. The zero-order valence-electron chi connectivity index (χ0n) is 43.2. The standard InChI is InChI=1S/C46H61N15O9.C4H11N3/c1-26(62)53-24-39(64)56-34-16-18-51-38(63)15-7-13-32(40(47)65)57-44(69)36(20-28-22-54-31-12-6-5-11-30(28)31)60-41(66)33(14-8-17-52-46(48)49)58-43(68)35(19-27-9-3-2-4-10-27)59-45(70)37(61-42(34)67)21-29-23-50-25-55-29;1-2-3-7-4(5)6/h2-6,9-12,22-23,25,32-37,54H,7-8,13-21,24H2,1H3,(H2,47,65)(H,50,55)(H,51,63)(H,53,62)(H,56,64)(H,57,69)(H,58,68)(H,59,70)(H,60,66)(H,61,67)(H4,48,49,52);2-3H2,1H3,(H4,5,6,7)/t32?,33-,34?,35?,36-,37-;/m0./s1. The molecule has 5 rings (SSSR count).